The lowest BCUT2D eigenvalue weighted by atomic mass is 9.67. The third kappa shape index (κ3) is 3.19. The Morgan fingerprint density at radius 3 is 2.08 bits per heavy atom. The van der Waals surface area contributed by atoms with E-state index >= 15 is 0 Å². The Bertz CT molecular complexity index is 661. The number of ether oxygens (including phenoxy) is 3. The summed E-state index contributed by atoms with van der Waals surface area (Å²) in [6.07, 6.45) is 0. The highest BCUT2D eigenvalue weighted by Crippen LogP contribution is 2.51. The maximum atomic E-state index is 6.10. The molecular formula is C20H28O3Si. The maximum absolute atomic E-state index is 6.10. The number of benzene rings is 1. The van der Waals surface area contributed by atoms with E-state index in [1.54, 1.807) is 0 Å². The second-order valence-corrected chi connectivity index (χ2v) is 13.8. The van der Waals surface area contributed by atoms with Gasteiger partial charge in [0.05, 0.1) is 19.8 Å². The van der Waals surface area contributed by atoms with Crippen LogP contribution < -0.4 is 0 Å². The zero-order valence-electron chi connectivity index (χ0n) is 15.7. The molecule has 3 fully saturated rings. The highest BCUT2D eigenvalue weighted by molar-refractivity contribution is 6.83. The minimum atomic E-state index is -1.40. The van der Waals surface area contributed by atoms with Gasteiger partial charge in [-0.2, -0.15) is 0 Å². The Hall–Kier alpha value is -1.12. The van der Waals surface area contributed by atoms with Gasteiger partial charge >= 0.3 is 5.97 Å². The van der Waals surface area contributed by atoms with E-state index < -0.39 is 14.0 Å². The largest absolute Gasteiger partial charge is 0.323 e. The van der Waals surface area contributed by atoms with E-state index in [2.05, 4.69) is 51.9 Å². The molecule has 4 rings (SSSR count). The zero-order chi connectivity index (χ0) is 17.6. The van der Waals surface area contributed by atoms with Crippen LogP contribution in [0, 0.1) is 22.3 Å². The van der Waals surface area contributed by atoms with Gasteiger partial charge in [-0.15, -0.1) is 5.54 Å². The molecular weight excluding hydrogens is 316 g/mol. The molecule has 0 unspecified atom stereocenters. The van der Waals surface area contributed by atoms with Crippen LogP contribution in [0.4, 0.5) is 0 Å². The van der Waals surface area contributed by atoms with Crippen LogP contribution in [-0.4, -0.2) is 27.9 Å². The van der Waals surface area contributed by atoms with E-state index in [0.29, 0.717) is 19.8 Å². The Morgan fingerprint density at radius 1 is 1.00 bits per heavy atom. The monoisotopic (exact) mass is 344 g/mol. The average molecular weight is 345 g/mol. The van der Waals surface area contributed by atoms with Gasteiger partial charge in [-0.3, -0.25) is 0 Å². The third-order valence-electron chi connectivity index (χ3n) is 5.00. The minimum Gasteiger partial charge on any atom is -0.323 e. The van der Waals surface area contributed by atoms with Crippen molar-refractivity contribution in [1.29, 1.82) is 0 Å². The molecule has 4 heteroatoms. The molecule has 0 N–H and O–H groups in total. The van der Waals surface area contributed by atoms with Crippen molar-refractivity contribution in [2.24, 2.45) is 10.8 Å². The van der Waals surface area contributed by atoms with Crippen molar-refractivity contribution in [3.63, 3.8) is 0 Å². The van der Waals surface area contributed by atoms with Gasteiger partial charge in [-0.1, -0.05) is 58.5 Å². The molecule has 1 aromatic carbocycles. The van der Waals surface area contributed by atoms with Crippen molar-refractivity contribution in [2.75, 3.05) is 19.8 Å². The first kappa shape index (κ1) is 17.7. The van der Waals surface area contributed by atoms with Gasteiger partial charge in [0, 0.05) is 16.5 Å². The number of hydrogen-bond acceptors (Lipinski definition) is 3. The van der Waals surface area contributed by atoms with Gasteiger partial charge in [0.25, 0.3) is 0 Å². The standard InChI is InChI=1S/C20H28O3Si/c1-18(2,3)19-13-21-20(22-14-19,23-15-19)17-9-7-8-16(12-17)10-11-24(4,5)6/h7-9,12H,13-15H2,1-6H3. The summed E-state index contributed by atoms with van der Waals surface area (Å²) < 4.78 is 18.3. The molecule has 0 radical (unpaired) electrons. The number of rotatable bonds is 1. The summed E-state index contributed by atoms with van der Waals surface area (Å²) in [7, 11) is -1.40. The van der Waals surface area contributed by atoms with Gasteiger partial charge in [-0.25, -0.2) is 0 Å². The average Bonchev–Trinajstić information content (AvgIpc) is 2.53. The van der Waals surface area contributed by atoms with Gasteiger partial charge in [0.1, 0.15) is 8.07 Å². The van der Waals surface area contributed by atoms with Crippen molar-refractivity contribution in [2.45, 2.75) is 46.4 Å². The predicted octanol–water partition coefficient (Wildman–Crippen LogP) is 4.14. The van der Waals surface area contributed by atoms with Crippen molar-refractivity contribution in [3.05, 3.63) is 35.4 Å². The molecule has 0 aliphatic carbocycles. The third-order valence-corrected chi connectivity index (χ3v) is 5.88. The second kappa shape index (κ2) is 5.71. The Labute approximate surface area is 146 Å². The van der Waals surface area contributed by atoms with E-state index in [9.17, 15) is 0 Å². The van der Waals surface area contributed by atoms with E-state index in [1.807, 2.05) is 24.3 Å². The van der Waals surface area contributed by atoms with Crippen LogP contribution in [0.1, 0.15) is 31.9 Å². The first-order valence-corrected chi connectivity index (χ1v) is 12.1. The van der Waals surface area contributed by atoms with Crippen LogP contribution in [0.25, 0.3) is 0 Å². The van der Waals surface area contributed by atoms with Gasteiger partial charge in [-0.05, 0) is 17.5 Å². The Morgan fingerprint density at radius 2 is 1.58 bits per heavy atom. The lowest BCUT2D eigenvalue weighted by Crippen LogP contribution is -2.62. The first-order chi connectivity index (χ1) is 11.1. The smallest absolute Gasteiger partial charge is 0.312 e. The zero-order valence-corrected chi connectivity index (χ0v) is 16.7. The second-order valence-electron chi connectivity index (χ2n) is 9.03. The molecule has 0 saturated carbocycles. The summed E-state index contributed by atoms with van der Waals surface area (Å²) in [6, 6.07) is 8.05. The van der Waals surface area contributed by atoms with Crippen molar-refractivity contribution in [3.8, 4) is 11.5 Å². The SMILES string of the molecule is CC(C)(C)C12COC(c3cccc(C#C[Si](C)(C)C)c3)(OC1)OC2. The Kier molecular flexibility index (Phi) is 4.21. The van der Waals surface area contributed by atoms with Crippen molar-refractivity contribution in [1.82, 2.24) is 0 Å². The summed E-state index contributed by atoms with van der Waals surface area (Å²) in [6.45, 7) is 15.3. The molecule has 3 heterocycles. The van der Waals surface area contributed by atoms with Crippen LogP contribution in [0.3, 0.4) is 0 Å². The molecule has 3 aliphatic rings. The quantitative estimate of drug-likeness (QED) is 0.566. The van der Waals surface area contributed by atoms with Crippen LogP contribution in [0.5, 0.6) is 0 Å². The molecule has 130 valence electrons. The fourth-order valence-electron chi connectivity index (χ4n) is 2.90. The molecule has 3 saturated heterocycles. The summed E-state index contributed by atoms with van der Waals surface area (Å²) in [5, 5.41) is 0. The molecule has 0 atom stereocenters. The highest BCUT2D eigenvalue weighted by Gasteiger charge is 2.58. The van der Waals surface area contributed by atoms with Gasteiger partial charge in [0.2, 0.25) is 0 Å². The predicted molar refractivity (Wildman–Crippen MR) is 98.1 cm³/mol. The van der Waals surface area contributed by atoms with E-state index in [4.69, 9.17) is 14.2 Å². The maximum Gasteiger partial charge on any atom is 0.312 e. The highest BCUT2D eigenvalue weighted by atomic mass is 28.3. The first-order valence-electron chi connectivity index (χ1n) is 8.61. The Balaban J connectivity index is 1.85. The molecule has 0 amide bonds. The molecule has 2 bridgehead atoms. The molecule has 0 spiro atoms. The molecule has 0 aromatic heterocycles. The van der Waals surface area contributed by atoms with E-state index in [-0.39, 0.29) is 10.8 Å². The molecule has 1 aromatic rings. The van der Waals surface area contributed by atoms with Crippen LogP contribution >= 0.6 is 0 Å². The van der Waals surface area contributed by atoms with Gasteiger partial charge < -0.3 is 14.2 Å². The van der Waals surface area contributed by atoms with Crippen LogP contribution in [0.15, 0.2) is 24.3 Å². The lowest BCUT2D eigenvalue weighted by molar-refractivity contribution is -0.489. The normalized spacial score (nSPS) is 29.9. The van der Waals surface area contributed by atoms with Crippen LogP contribution in [0.2, 0.25) is 19.6 Å². The number of fused-ring (bicyclic) bond motifs is 3. The van der Waals surface area contributed by atoms with Crippen LogP contribution in [-0.2, 0) is 20.2 Å². The lowest BCUT2D eigenvalue weighted by Gasteiger charge is -2.56. The fourth-order valence-corrected chi connectivity index (χ4v) is 3.42. The molecule has 3 nitrogen and oxygen atoms in total. The summed E-state index contributed by atoms with van der Waals surface area (Å²) in [5.74, 6) is 2.23. The van der Waals surface area contributed by atoms with E-state index in [0.717, 1.165) is 11.1 Å². The summed E-state index contributed by atoms with van der Waals surface area (Å²) in [5.41, 5.74) is 5.28. The van der Waals surface area contributed by atoms with Crippen molar-refractivity contribution < 1.29 is 14.2 Å². The minimum absolute atomic E-state index is 0.0737. The molecule has 3 aliphatic heterocycles. The molecule has 24 heavy (non-hydrogen) atoms. The topological polar surface area (TPSA) is 27.7 Å². The number of hydrogen-bond donors (Lipinski definition) is 0. The van der Waals surface area contributed by atoms with E-state index in [1.165, 1.54) is 0 Å². The van der Waals surface area contributed by atoms with Gasteiger partial charge in [0.15, 0.2) is 0 Å². The van der Waals surface area contributed by atoms with Crippen molar-refractivity contribution >= 4 is 8.07 Å². The summed E-state index contributed by atoms with van der Waals surface area (Å²) in [4.78, 5) is 0. The fraction of sp³-hybridized carbons (Fsp3) is 0.600. The summed E-state index contributed by atoms with van der Waals surface area (Å²) >= 11 is 0.